The number of hydroxylamine groups is 2. The molecule has 16 nitrogen and oxygen atoms in total. The maximum Gasteiger partial charge on any atom is 0.314 e. The van der Waals surface area contributed by atoms with Gasteiger partial charge in [-0.1, -0.05) is 61.2 Å². The molecule has 5 N–H and O–H groups in total. The number of ketones is 1. The van der Waals surface area contributed by atoms with E-state index in [2.05, 4.69) is 15.6 Å². The van der Waals surface area contributed by atoms with E-state index in [1.54, 1.807) is 13.1 Å². The summed E-state index contributed by atoms with van der Waals surface area (Å²) >= 11 is 8.14. The number of nitrogens with two attached hydrogens (primary N) is 1. The number of aromatic hydroxyl groups is 1. The first kappa shape index (κ1) is 51.2. The Morgan fingerprint density at radius 3 is 2.40 bits per heavy atom. The number of phenols is 1. The number of likely N-dealkylation sites (tertiary alicyclic amines) is 1. The van der Waals surface area contributed by atoms with E-state index >= 15 is 8.78 Å². The van der Waals surface area contributed by atoms with Gasteiger partial charge in [-0.05, 0) is 81.3 Å². The van der Waals surface area contributed by atoms with Crippen LogP contribution in [-0.4, -0.2) is 118 Å². The Labute approximate surface area is 430 Å². The molecule has 2 aliphatic heterocycles. The number of likely N-dealkylation sites (N-methyl/N-ethyl adjacent to an activating group) is 1. The van der Waals surface area contributed by atoms with Crippen LogP contribution in [0.3, 0.4) is 0 Å². The summed E-state index contributed by atoms with van der Waals surface area (Å²) in [5.74, 6) is -2.10. The fourth-order valence-corrected chi connectivity index (χ4v) is 11.7. The summed E-state index contributed by atoms with van der Waals surface area (Å²) in [4.78, 5) is 79.0. The zero-order chi connectivity index (χ0) is 51.5. The monoisotopic (exact) mass is 1040 g/mol. The highest BCUT2D eigenvalue weighted by Gasteiger charge is 2.40. The van der Waals surface area contributed by atoms with Crippen molar-refractivity contribution in [2.75, 3.05) is 63.6 Å². The van der Waals surface area contributed by atoms with Gasteiger partial charge in [0.15, 0.2) is 11.6 Å². The summed E-state index contributed by atoms with van der Waals surface area (Å²) in [6, 6.07) is 15.4. The lowest BCUT2D eigenvalue weighted by Crippen LogP contribution is -2.50. The number of urea groups is 1. The molecular formula is C53H59ClF2N10O6S. The topological polar surface area (TPSA) is 199 Å². The number of halogens is 3. The van der Waals surface area contributed by atoms with Crippen LogP contribution in [0.1, 0.15) is 75.8 Å². The van der Waals surface area contributed by atoms with Crippen LogP contribution in [0.2, 0.25) is 5.02 Å². The van der Waals surface area contributed by atoms with Gasteiger partial charge in [-0.15, -0.1) is 11.3 Å². The maximum absolute atomic E-state index is 16.6. The summed E-state index contributed by atoms with van der Waals surface area (Å²) in [7, 11) is 3.28. The lowest BCUT2D eigenvalue weighted by atomic mass is 9.76. The molecule has 4 heterocycles. The number of nitrogens with zero attached hydrogens (tertiary/aromatic N) is 7. The van der Waals surface area contributed by atoms with E-state index in [-0.39, 0.29) is 101 Å². The smallest absolute Gasteiger partial charge is 0.314 e. The first-order valence-electron chi connectivity index (χ1n) is 24.9. The number of Topliss-reactive ketones (excluding diaryl/α,β-unsaturated/α-hetero) is 1. The third-order valence-corrected chi connectivity index (χ3v) is 15.8. The fourth-order valence-electron chi connectivity index (χ4n) is 10.5. The number of fused-ring (bicyclic) bond motifs is 2. The number of thiazole rings is 1. The van der Waals surface area contributed by atoms with Crippen molar-refractivity contribution in [2.24, 2.45) is 17.6 Å². The van der Waals surface area contributed by atoms with Gasteiger partial charge in [-0.2, -0.15) is 10.0 Å². The van der Waals surface area contributed by atoms with E-state index in [0.29, 0.717) is 25.4 Å². The third-order valence-electron chi connectivity index (χ3n) is 14.6. The molecule has 1 aliphatic carbocycles. The van der Waals surface area contributed by atoms with E-state index < -0.39 is 34.9 Å². The van der Waals surface area contributed by atoms with Crippen molar-refractivity contribution in [1.29, 1.82) is 0 Å². The van der Waals surface area contributed by atoms with Crippen LogP contribution in [0, 0.1) is 23.5 Å². The van der Waals surface area contributed by atoms with Crippen molar-refractivity contribution in [3.8, 4) is 33.9 Å². The number of carbonyl (C=O) groups is 4. The van der Waals surface area contributed by atoms with Gasteiger partial charge in [0.05, 0.1) is 28.4 Å². The first-order chi connectivity index (χ1) is 35.2. The third kappa shape index (κ3) is 10.7. The highest BCUT2D eigenvalue weighted by molar-refractivity contribution is 7.10. The zero-order valence-electron chi connectivity index (χ0n) is 41.0. The number of carbonyl (C=O) groups excluding carboxylic acids is 4. The molecule has 20 heteroatoms. The van der Waals surface area contributed by atoms with Gasteiger partial charge in [0.2, 0.25) is 11.9 Å². The Hall–Kier alpha value is -6.70. The van der Waals surface area contributed by atoms with Crippen LogP contribution in [-0.2, 0) is 14.4 Å². The van der Waals surface area contributed by atoms with Crippen molar-refractivity contribution in [2.45, 2.75) is 76.8 Å². The van der Waals surface area contributed by atoms with Crippen molar-refractivity contribution in [1.82, 2.24) is 35.1 Å². The fraction of sp³-hybridized carbons (Fsp3) is 0.415. The number of benzene rings is 4. The minimum Gasteiger partial charge on any atom is -0.507 e. The second-order valence-corrected chi connectivity index (χ2v) is 20.3. The lowest BCUT2D eigenvalue weighted by molar-refractivity contribution is -0.152. The molecule has 2 saturated heterocycles. The van der Waals surface area contributed by atoms with E-state index in [1.165, 1.54) is 41.5 Å². The van der Waals surface area contributed by atoms with Crippen LogP contribution in [0.15, 0.2) is 66.0 Å². The van der Waals surface area contributed by atoms with Crippen LogP contribution < -0.4 is 26.1 Å². The van der Waals surface area contributed by atoms with Gasteiger partial charge in [0.1, 0.15) is 33.7 Å². The molecule has 1 saturated carbocycles. The summed E-state index contributed by atoms with van der Waals surface area (Å²) in [6.07, 6.45) is 7.06. The number of nitrogens with one attached hydrogen (secondary N) is 2. The van der Waals surface area contributed by atoms with Gasteiger partial charge in [0.25, 0.3) is 5.91 Å². The maximum atomic E-state index is 16.6. The van der Waals surface area contributed by atoms with Crippen molar-refractivity contribution in [3.05, 3.63) is 87.7 Å². The van der Waals surface area contributed by atoms with Crippen LogP contribution >= 0.6 is 22.9 Å². The molecule has 4 amide bonds. The highest BCUT2D eigenvalue weighted by Crippen LogP contribution is 2.44. The molecule has 73 heavy (non-hydrogen) atoms. The summed E-state index contributed by atoms with van der Waals surface area (Å²) in [5, 5.41) is 22.3. The number of anilines is 2. The van der Waals surface area contributed by atoms with Crippen LogP contribution in [0.25, 0.3) is 44.1 Å². The standard InChI is InChI=1S/C53H59ClF2N10O6S/c1-30(58-2)42(68)28-35(31-11-5-4-6-12-31)51(70)66-22-10-16-40(66)50-60-39(29-73-50)33-18-19-43(34-14-8-7-13-32(33)34)72-63(3)44(69)20-21-59-53-61-48-36(49(62-53)64-23-25-65(26-24-64)52(57)71)27-37(54)45(47(48)56)46-38(55)15-9-17-41(46)67/h7-9,13-15,17-19,27,29-31,35,40,58,67H,4-6,10-12,16,20-26,28H2,1-3H3,(H2,57,71)(H,59,61,62)/t30-,35-,40-/m0/s1. The average Bonchev–Trinajstić information content (AvgIpc) is 4.10. The summed E-state index contributed by atoms with van der Waals surface area (Å²) in [6.45, 7) is 3.65. The Balaban J connectivity index is 0.902. The Kier molecular flexibility index (Phi) is 15.6. The molecule has 9 rings (SSSR count). The second kappa shape index (κ2) is 22.2. The minimum absolute atomic E-state index is 0.00781. The number of hydrogen-bond donors (Lipinski definition) is 4. The molecular weight excluding hydrogens is 978 g/mol. The molecule has 4 aromatic carbocycles. The van der Waals surface area contributed by atoms with Gasteiger partial charge in [-0.25, -0.2) is 23.5 Å². The Morgan fingerprint density at radius 1 is 0.918 bits per heavy atom. The SMILES string of the molecule is CN[C@@H](C)C(=O)C[C@H](C(=O)N1CCC[C@H]1c1nc(-c2ccc(ON(C)C(=O)CCNc3nc(N4CCN(C(N)=O)CC4)c4cc(Cl)c(-c5c(O)cccc5F)c(F)c4n3)c3ccccc23)cs1)C1CCCCC1. The molecule has 0 bridgehead atoms. The highest BCUT2D eigenvalue weighted by atomic mass is 35.5. The first-order valence-corrected chi connectivity index (χ1v) is 26.1. The number of hydrogen-bond acceptors (Lipinski definition) is 13. The van der Waals surface area contributed by atoms with E-state index in [9.17, 15) is 24.3 Å². The predicted octanol–water partition coefficient (Wildman–Crippen LogP) is 9.09. The van der Waals surface area contributed by atoms with E-state index in [1.807, 2.05) is 52.4 Å². The average molecular weight is 1040 g/mol. The molecule has 2 aromatic heterocycles. The summed E-state index contributed by atoms with van der Waals surface area (Å²) in [5.41, 5.74) is 6.15. The van der Waals surface area contributed by atoms with Crippen molar-refractivity contribution < 1.29 is 37.9 Å². The number of amides is 4. The molecule has 3 aliphatic rings. The van der Waals surface area contributed by atoms with Crippen LogP contribution in [0.5, 0.6) is 11.5 Å². The molecule has 3 atom stereocenters. The molecule has 384 valence electrons. The minimum atomic E-state index is -0.987. The van der Waals surface area contributed by atoms with Crippen molar-refractivity contribution in [3.63, 3.8) is 0 Å². The predicted molar refractivity (Wildman–Crippen MR) is 278 cm³/mol. The van der Waals surface area contributed by atoms with E-state index in [4.69, 9.17) is 32.1 Å². The van der Waals surface area contributed by atoms with Gasteiger partial charge in [0, 0.05) is 92.4 Å². The summed E-state index contributed by atoms with van der Waals surface area (Å²) < 4.78 is 31.7. The number of rotatable bonds is 16. The molecule has 0 radical (unpaired) electrons. The van der Waals surface area contributed by atoms with E-state index in [0.717, 1.165) is 83.1 Å². The lowest BCUT2D eigenvalue weighted by Gasteiger charge is -2.35. The largest absolute Gasteiger partial charge is 0.507 e. The molecule has 0 unspecified atom stereocenters. The van der Waals surface area contributed by atoms with Gasteiger partial charge in [-0.3, -0.25) is 14.4 Å². The quantitative estimate of drug-likeness (QED) is 0.0672. The van der Waals surface area contributed by atoms with Crippen molar-refractivity contribution >= 4 is 80.0 Å². The molecule has 0 spiro atoms. The number of primary amides is 1. The molecule has 3 fully saturated rings. The number of phenolic OH excluding ortho intramolecular Hbond substituents is 1. The Morgan fingerprint density at radius 2 is 1.67 bits per heavy atom. The number of aromatic nitrogens is 3. The Bertz CT molecular complexity index is 3040. The number of piperazine rings is 1. The zero-order valence-corrected chi connectivity index (χ0v) is 42.6. The normalized spacial score (nSPS) is 17.2. The van der Waals surface area contributed by atoms with Crippen LogP contribution in [0.4, 0.5) is 25.3 Å². The van der Waals surface area contributed by atoms with Gasteiger partial charge < -0.3 is 41.0 Å². The second-order valence-electron chi connectivity index (χ2n) is 19.0. The molecule has 6 aromatic rings. The van der Waals surface area contributed by atoms with Gasteiger partial charge >= 0.3 is 6.03 Å².